The first-order chi connectivity index (χ1) is 5.52. The third-order valence-corrected chi connectivity index (χ3v) is 0.911. The Morgan fingerprint density at radius 2 is 1.54 bits per heavy atom. The average molecular weight is 256 g/mol. The summed E-state index contributed by atoms with van der Waals surface area (Å²) >= 11 is 0. The molecular formula is C9H15N2OY-. The first kappa shape index (κ1) is 15.4. The van der Waals surface area contributed by atoms with Crippen molar-refractivity contribution in [3.63, 3.8) is 0 Å². The molecule has 0 saturated heterocycles. The van der Waals surface area contributed by atoms with E-state index in [9.17, 15) is 0 Å². The van der Waals surface area contributed by atoms with E-state index in [1.807, 2.05) is 0 Å². The van der Waals surface area contributed by atoms with E-state index in [4.69, 9.17) is 16.6 Å². The van der Waals surface area contributed by atoms with Gasteiger partial charge in [-0.25, -0.2) is 0 Å². The Kier molecular flexibility index (Phi) is 10.0. The minimum atomic E-state index is -0.167. The maximum atomic E-state index is 8.06. The fourth-order valence-electron chi connectivity index (χ4n) is 0.483. The topological polar surface area (TPSA) is 70.0 Å². The number of rotatable bonds is 0. The predicted octanol–water partition coefficient (Wildman–Crippen LogP) is 2.34. The summed E-state index contributed by atoms with van der Waals surface area (Å²) in [5, 5.41) is 8.06. The van der Waals surface area contributed by atoms with E-state index in [0.29, 0.717) is 11.4 Å². The second-order valence-electron chi connectivity index (χ2n) is 2.72. The van der Waals surface area contributed by atoms with Gasteiger partial charge >= 0.3 is 0 Å². The Balaban J connectivity index is 0. The summed E-state index contributed by atoms with van der Waals surface area (Å²) in [4.78, 5) is 0. The van der Waals surface area contributed by atoms with E-state index >= 15 is 0 Å². The minimum absolute atomic E-state index is 0. The number of nitrogens with one attached hydrogen (secondary N) is 1. The SMILES string of the molecule is CC(C)O.[NH-]c1ccc(N)cc1.[Y]. The van der Waals surface area contributed by atoms with Crippen LogP contribution in [0.5, 0.6) is 0 Å². The standard InChI is InChI=1S/C6H7N2.C3H8O.Y/c7-5-1-2-6(8)4-3-5;1-3(2)4;/h1-4,7H,8H2;3-4H,1-2H3;/q-1;;. The van der Waals surface area contributed by atoms with E-state index in [1.54, 1.807) is 38.1 Å². The summed E-state index contributed by atoms with van der Waals surface area (Å²) in [6.07, 6.45) is -0.167. The monoisotopic (exact) mass is 256 g/mol. The van der Waals surface area contributed by atoms with Gasteiger partial charge in [0.15, 0.2) is 0 Å². The molecule has 1 aromatic rings. The molecule has 0 aliphatic carbocycles. The number of anilines is 1. The fourth-order valence-corrected chi connectivity index (χ4v) is 0.483. The smallest absolute Gasteiger partial charge is 0.0483 e. The maximum Gasteiger partial charge on any atom is 0.0483 e. The van der Waals surface area contributed by atoms with Crippen molar-refractivity contribution in [2.75, 3.05) is 5.73 Å². The van der Waals surface area contributed by atoms with Crippen molar-refractivity contribution in [3.8, 4) is 0 Å². The predicted molar refractivity (Wildman–Crippen MR) is 52.2 cm³/mol. The zero-order chi connectivity index (χ0) is 9.56. The number of hydrogen-bond acceptors (Lipinski definition) is 2. The molecule has 0 aliphatic rings. The van der Waals surface area contributed by atoms with Gasteiger partial charge in [-0.05, 0) is 26.0 Å². The number of aliphatic hydroxyl groups is 1. The van der Waals surface area contributed by atoms with Crippen LogP contribution in [0, 0.1) is 0 Å². The Bertz CT molecular complexity index is 188. The van der Waals surface area contributed by atoms with Gasteiger partial charge in [-0.2, -0.15) is 0 Å². The van der Waals surface area contributed by atoms with Crippen molar-refractivity contribution in [1.82, 2.24) is 0 Å². The van der Waals surface area contributed by atoms with E-state index < -0.39 is 0 Å². The minimum Gasteiger partial charge on any atom is -0.699 e. The number of nitrogens with two attached hydrogens (primary N) is 1. The van der Waals surface area contributed by atoms with Gasteiger partial charge < -0.3 is 16.6 Å². The van der Waals surface area contributed by atoms with Crippen LogP contribution >= 0.6 is 0 Å². The van der Waals surface area contributed by atoms with Crippen LogP contribution in [0.1, 0.15) is 13.8 Å². The molecule has 1 rings (SSSR count). The molecule has 0 unspecified atom stereocenters. The van der Waals surface area contributed by atoms with Crippen molar-refractivity contribution in [1.29, 1.82) is 0 Å². The molecule has 0 bridgehead atoms. The fraction of sp³-hybridized carbons (Fsp3) is 0.333. The Hall–Kier alpha value is -0.116. The van der Waals surface area contributed by atoms with Gasteiger partial charge in [0.2, 0.25) is 0 Å². The van der Waals surface area contributed by atoms with Crippen LogP contribution < -0.4 is 5.73 Å². The molecule has 0 spiro atoms. The van der Waals surface area contributed by atoms with E-state index in [2.05, 4.69) is 0 Å². The molecule has 3 nitrogen and oxygen atoms in total. The van der Waals surface area contributed by atoms with Gasteiger partial charge in [0.25, 0.3) is 0 Å². The van der Waals surface area contributed by atoms with Crippen LogP contribution in [0.2, 0.25) is 0 Å². The van der Waals surface area contributed by atoms with Gasteiger partial charge in [-0.1, -0.05) is 12.1 Å². The number of benzene rings is 1. The summed E-state index contributed by atoms with van der Waals surface area (Å²) in [6, 6.07) is 6.75. The first-order valence-electron chi connectivity index (χ1n) is 3.77. The van der Waals surface area contributed by atoms with Crippen LogP contribution in [-0.2, 0) is 32.7 Å². The van der Waals surface area contributed by atoms with E-state index in [0.717, 1.165) is 0 Å². The second kappa shape index (κ2) is 8.48. The van der Waals surface area contributed by atoms with Crippen molar-refractivity contribution >= 4 is 11.4 Å². The summed E-state index contributed by atoms with van der Waals surface area (Å²) in [5.41, 5.74) is 13.6. The Morgan fingerprint density at radius 1 is 1.23 bits per heavy atom. The van der Waals surface area contributed by atoms with Crippen LogP contribution in [0.15, 0.2) is 24.3 Å². The maximum absolute atomic E-state index is 8.06. The molecule has 0 atom stereocenters. The second-order valence-corrected chi connectivity index (χ2v) is 2.72. The van der Waals surface area contributed by atoms with Crippen LogP contribution in [0.4, 0.5) is 11.4 Å². The zero-order valence-electron chi connectivity index (χ0n) is 7.99. The van der Waals surface area contributed by atoms with Crippen molar-refractivity contribution in [3.05, 3.63) is 30.0 Å². The van der Waals surface area contributed by atoms with Crippen LogP contribution in [0.3, 0.4) is 0 Å². The number of hydrogen-bond donors (Lipinski definition) is 2. The summed E-state index contributed by atoms with van der Waals surface area (Å²) in [5.74, 6) is 0. The number of nitrogen functional groups attached to an aromatic ring is 1. The van der Waals surface area contributed by atoms with Gasteiger partial charge in [0.05, 0.1) is 0 Å². The molecule has 1 radical (unpaired) electrons. The molecular weight excluding hydrogens is 241 g/mol. The van der Waals surface area contributed by atoms with Crippen LogP contribution in [0.25, 0.3) is 5.73 Å². The molecule has 4 heteroatoms. The van der Waals surface area contributed by atoms with Crippen molar-refractivity contribution < 1.29 is 37.8 Å². The summed E-state index contributed by atoms with van der Waals surface area (Å²) < 4.78 is 0. The first-order valence-corrected chi connectivity index (χ1v) is 3.77. The van der Waals surface area contributed by atoms with Gasteiger partial charge in [-0.15, -0.1) is 5.69 Å². The van der Waals surface area contributed by atoms with Gasteiger partial charge in [0, 0.05) is 44.5 Å². The molecule has 0 saturated carbocycles. The van der Waals surface area contributed by atoms with Gasteiger partial charge in [-0.3, -0.25) is 0 Å². The van der Waals surface area contributed by atoms with Crippen LogP contribution in [-0.4, -0.2) is 11.2 Å². The summed E-state index contributed by atoms with van der Waals surface area (Å²) in [7, 11) is 0. The molecule has 0 heterocycles. The molecule has 4 N–H and O–H groups in total. The summed E-state index contributed by atoms with van der Waals surface area (Å²) in [6.45, 7) is 3.44. The van der Waals surface area contributed by atoms with Crippen molar-refractivity contribution in [2.45, 2.75) is 20.0 Å². The van der Waals surface area contributed by atoms with E-state index in [1.165, 1.54) is 0 Å². The zero-order valence-corrected chi connectivity index (χ0v) is 10.8. The third-order valence-electron chi connectivity index (χ3n) is 0.911. The molecule has 13 heavy (non-hydrogen) atoms. The quantitative estimate of drug-likeness (QED) is 0.699. The largest absolute Gasteiger partial charge is 0.699 e. The van der Waals surface area contributed by atoms with E-state index in [-0.39, 0.29) is 38.8 Å². The molecule has 0 fully saturated rings. The van der Waals surface area contributed by atoms with Gasteiger partial charge in [0.1, 0.15) is 0 Å². The molecule has 71 valence electrons. The molecule has 0 amide bonds. The number of aliphatic hydroxyl groups excluding tert-OH is 1. The Morgan fingerprint density at radius 3 is 1.77 bits per heavy atom. The molecule has 0 aliphatic heterocycles. The van der Waals surface area contributed by atoms with Crippen molar-refractivity contribution in [2.24, 2.45) is 0 Å². The molecule has 1 aromatic carbocycles. The molecule has 0 aromatic heterocycles. The Labute approximate surface area is 104 Å². The third kappa shape index (κ3) is 11.9. The normalized spacial score (nSPS) is 8.31. The average Bonchev–Trinajstić information content (AvgIpc) is 1.94.